The number of hydrogen-bond donors (Lipinski definition) is 2. The molecule has 0 spiro atoms. The number of ether oxygens (including phenoxy) is 2. The SMILES string of the molecule is [N-]=[N+]=NCc1ccccc1[C@H]1OC(c2ccc(OCCCO)cc2)=N[C@@]1(C/C=C/c1ccccc1)C(=O)NCC1CC1. The number of aliphatic hydroxyl groups excluding tert-OH is 1. The molecule has 9 nitrogen and oxygen atoms in total. The van der Waals surface area contributed by atoms with Crippen LogP contribution in [0.4, 0.5) is 0 Å². The van der Waals surface area contributed by atoms with Gasteiger partial charge in [-0.3, -0.25) is 4.79 Å². The summed E-state index contributed by atoms with van der Waals surface area (Å²) in [5.74, 6) is 1.32. The lowest BCUT2D eigenvalue weighted by Gasteiger charge is -2.31. The second-order valence-corrected chi connectivity index (χ2v) is 10.5. The number of rotatable bonds is 14. The van der Waals surface area contributed by atoms with E-state index in [0.717, 1.165) is 29.5 Å². The minimum atomic E-state index is -1.29. The lowest BCUT2D eigenvalue weighted by atomic mass is 9.82. The van der Waals surface area contributed by atoms with Crippen molar-refractivity contribution in [3.05, 3.63) is 118 Å². The van der Waals surface area contributed by atoms with Gasteiger partial charge in [-0.25, -0.2) is 4.99 Å². The van der Waals surface area contributed by atoms with Gasteiger partial charge in [0.05, 0.1) is 13.2 Å². The van der Waals surface area contributed by atoms with Gasteiger partial charge in [0.1, 0.15) is 5.75 Å². The summed E-state index contributed by atoms with van der Waals surface area (Å²) in [4.78, 5) is 22.2. The van der Waals surface area contributed by atoms with Crippen LogP contribution in [0, 0.1) is 5.92 Å². The van der Waals surface area contributed by atoms with Gasteiger partial charge in [-0.15, -0.1) is 0 Å². The highest BCUT2D eigenvalue weighted by Gasteiger charge is 2.53. The fraction of sp³-hybridized carbons (Fsp3) is 0.333. The first-order valence-corrected chi connectivity index (χ1v) is 14.3. The Balaban J connectivity index is 1.54. The normalized spacial score (nSPS) is 19.5. The van der Waals surface area contributed by atoms with Gasteiger partial charge in [0.15, 0.2) is 11.6 Å². The second-order valence-electron chi connectivity index (χ2n) is 10.5. The molecule has 1 fully saturated rings. The Morgan fingerprint density at radius 1 is 1.12 bits per heavy atom. The molecule has 9 heteroatoms. The van der Waals surface area contributed by atoms with Crippen LogP contribution in [-0.2, 0) is 16.1 Å². The summed E-state index contributed by atoms with van der Waals surface area (Å²) in [5, 5.41) is 16.0. The van der Waals surface area contributed by atoms with Crippen LogP contribution < -0.4 is 10.1 Å². The highest BCUT2D eigenvalue weighted by atomic mass is 16.5. The summed E-state index contributed by atoms with van der Waals surface area (Å²) < 4.78 is 12.3. The molecule has 0 aromatic heterocycles. The Hall–Kier alpha value is -4.59. The van der Waals surface area contributed by atoms with E-state index in [4.69, 9.17) is 25.1 Å². The zero-order chi connectivity index (χ0) is 29.2. The van der Waals surface area contributed by atoms with Crippen molar-refractivity contribution in [2.75, 3.05) is 19.8 Å². The molecule has 2 atom stereocenters. The first kappa shape index (κ1) is 28.9. The molecule has 3 aromatic rings. The maximum atomic E-state index is 14.2. The highest BCUT2D eigenvalue weighted by molar-refractivity contribution is 6.01. The van der Waals surface area contributed by atoms with E-state index >= 15 is 0 Å². The van der Waals surface area contributed by atoms with Crippen LogP contribution in [0.3, 0.4) is 0 Å². The van der Waals surface area contributed by atoms with E-state index in [1.807, 2.05) is 91.0 Å². The average Bonchev–Trinajstić information content (AvgIpc) is 3.78. The zero-order valence-corrected chi connectivity index (χ0v) is 23.4. The summed E-state index contributed by atoms with van der Waals surface area (Å²) in [5.41, 5.74) is 11.0. The average molecular weight is 566 g/mol. The number of aliphatic hydroxyl groups is 1. The smallest absolute Gasteiger partial charge is 0.252 e. The Morgan fingerprint density at radius 3 is 2.62 bits per heavy atom. The summed E-state index contributed by atoms with van der Waals surface area (Å²) >= 11 is 0. The molecule has 1 saturated carbocycles. The van der Waals surface area contributed by atoms with Crippen molar-refractivity contribution in [3.63, 3.8) is 0 Å². The standard InChI is InChI=1S/C33H35N5O4/c34-38-36-23-27-11-4-5-12-29(27)30-33(32(40)35-22-25-13-14-25,19-6-10-24-8-2-1-3-9-24)37-31(42-30)26-15-17-28(18-16-26)41-21-7-20-39/h1-6,8-12,15-18,25,30,39H,7,13-14,19-23H2,(H,35,40)/b10-6+/t30-,33-/m1/s1. The number of aliphatic imine (C=N–C) groups is 1. The number of azide groups is 1. The molecule has 0 bridgehead atoms. The molecule has 3 aromatic carbocycles. The second kappa shape index (κ2) is 13.9. The molecular formula is C33H35N5O4. The maximum absolute atomic E-state index is 14.2. The molecule has 1 amide bonds. The number of nitrogens with one attached hydrogen (secondary N) is 1. The van der Waals surface area contributed by atoms with Crippen molar-refractivity contribution in [3.8, 4) is 5.75 Å². The van der Waals surface area contributed by atoms with Gasteiger partial charge in [0.2, 0.25) is 5.90 Å². The Kier molecular flexibility index (Phi) is 9.54. The number of benzene rings is 3. The quantitative estimate of drug-likeness (QED) is 0.105. The molecule has 1 aliphatic heterocycles. The Bertz CT molecular complexity index is 1460. The van der Waals surface area contributed by atoms with Crippen LogP contribution in [-0.4, -0.2) is 42.2 Å². The van der Waals surface area contributed by atoms with Gasteiger partial charge >= 0.3 is 0 Å². The molecule has 2 aliphatic rings. The van der Waals surface area contributed by atoms with Crippen molar-refractivity contribution in [1.82, 2.24) is 5.32 Å². The monoisotopic (exact) mass is 565 g/mol. The van der Waals surface area contributed by atoms with Gasteiger partial charge in [-0.1, -0.05) is 71.9 Å². The van der Waals surface area contributed by atoms with Crippen LogP contribution in [0.5, 0.6) is 5.75 Å². The molecular weight excluding hydrogens is 530 g/mol. The number of amides is 1. The third kappa shape index (κ3) is 7.00. The van der Waals surface area contributed by atoms with Gasteiger partial charge in [0.25, 0.3) is 5.91 Å². The molecule has 5 rings (SSSR count). The van der Waals surface area contributed by atoms with E-state index in [1.54, 1.807) is 0 Å². The third-order valence-corrected chi connectivity index (χ3v) is 7.46. The summed E-state index contributed by atoms with van der Waals surface area (Å²) in [6.45, 7) is 1.20. The van der Waals surface area contributed by atoms with Gasteiger partial charge in [0, 0.05) is 36.5 Å². The van der Waals surface area contributed by atoms with Crippen molar-refractivity contribution in [1.29, 1.82) is 0 Å². The van der Waals surface area contributed by atoms with Crippen LogP contribution >= 0.6 is 0 Å². The largest absolute Gasteiger partial charge is 0.494 e. The van der Waals surface area contributed by atoms with Crippen molar-refractivity contribution in [2.24, 2.45) is 16.0 Å². The molecule has 0 radical (unpaired) electrons. The highest BCUT2D eigenvalue weighted by Crippen LogP contribution is 2.44. The van der Waals surface area contributed by atoms with Crippen LogP contribution in [0.15, 0.2) is 95.0 Å². The van der Waals surface area contributed by atoms with E-state index in [1.165, 1.54) is 0 Å². The molecule has 1 aliphatic carbocycles. The Labute approximate surface area is 245 Å². The molecule has 42 heavy (non-hydrogen) atoms. The first-order chi connectivity index (χ1) is 20.6. The summed E-state index contributed by atoms with van der Waals surface area (Å²) in [7, 11) is 0. The van der Waals surface area contributed by atoms with Crippen LogP contribution in [0.25, 0.3) is 16.5 Å². The number of nitrogens with zero attached hydrogens (tertiary/aromatic N) is 4. The first-order valence-electron chi connectivity index (χ1n) is 14.3. The number of carbonyl (C=O) groups excluding carboxylic acids is 1. The zero-order valence-electron chi connectivity index (χ0n) is 23.4. The van der Waals surface area contributed by atoms with E-state index in [-0.39, 0.29) is 19.1 Å². The molecule has 2 N–H and O–H groups in total. The van der Waals surface area contributed by atoms with Crippen LogP contribution in [0.1, 0.15) is 54.0 Å². The lowest BCUT2D eigenvalue weighted by molar-refractivity contribution is -0.128. The van der Waals surface area contributed by atoms with Gasteiger partial charge in [-0.2, -0.15) is 0 Å². The van der Waals surface area contributed by atoms with E-state index < -0.39 is 11.6 Å². The van der Waals surface area contributed by atoms with Crippen molar-refractivity contribution in [2.45, 2.75) is 43.9 Å². The fourth-order valence-corrected chi connectivity index (χ4v) is 4.98. The fourth-order valence-electron chi connectivity index (χ4n) is 4.98. The van der Waals surface area contributed by atoms with E-state index in [0.29, 0.717) is 49.1 Å². The van der Waals surface area contributed by atoms with E-state index in [2.05, 4.69) is 15.3 Å². The maximum Gasteiger partial charge on any atom is 0.252 e. The number of carbonyl (C=O) groups is 1. The molecule has 1 heterocycles. The van der Waals surface area contributed by atoms with Crippen LogP contribution in [0.2, 0.25) is 0 Å². The summed E-state index contributed by atoms with van der Waals surface area (Å²) in [6.07, 6.45) is 6.27. The third-order valence-electron chi connectivity index (χ3n) is 7.46. The Morgan fingerprint density at radius 2 is 1.88 bits per heavy atom. The van der Waals surface area contributed by atoms with Gasteiger partial charge in [-0.05, 0) is 65.2 Å². The predicted molar refractivity (Wildman–Crippen MR) is 162 cm³/mol. The summed E-state index contributed by atoms with van der Waals surface area (Å²) in [6, 6.07) is 24.8. The van der Waals surface area contributed by atoms with Gasteiger partial charge < -0.3 is 19.9 Å². The molecule has 0 unspecified atom stereocenters. The van der Waals surface area contributed by atoms with E-state index in [9.17, 15) is 4.79 Å². The molecule has 0 saturated heterocycles. The minimum absolute atomic E-state index is 0.0644. The predicted octanol–water partition coefficient (Wildman–Crippen LogP) is 6.14. The van der Waals surface area contributed by atoms with Crippen molar-refractivity contribution < 1.29 is 19.4 Å². The lowest BCUT2D eigenvalue weighted by Crippen LogP contribution is -2.48. The minimum Gasteiger partial charge on any atom is -0.494 e. The van der Waals surface area contributed by atoms with Crippen molar-refractivity contribution >= 4 is 17.9 Å². The number of hydrogen-bond acceptors (Lipinski definition) is 6. The topological polar surface area (TPSA) is 129 Å². The molecule has 216 valence electrons.